The maximum absolute atomic E-state index is 12.9. The summed E-state index contributed by atoms with van der Waals surface area (Å²) >= 11 is 0. The molecule has 26 heavy (non-hydrogen) atoms. The quantitative estimate of drug-likeness (QED) is 0.512. The first-order chi connectivity index (χ1) is 12.6. The zero-order valence-corrected chi connectivity index (χ0v) is 13.6. The van der Waals surface area contributed by atoms with Crippen molar-refractivity contribution in [2.45, 2.75) is 12.6 Å². The molecule has 0 aliphatic carbocycles. The number of nitrogens with one attached hydrogen (secondary N) is 3. The number of aliphatic hydroxyl groups is 1. The van der Waals surface area contributed by atoms with E-state index in [2.05, 4.69) is 26.0 Å². The molecule has 134 valence electrons. The molecule has 3 rings (SSSR count). The van der Waals surface area contributed by atoms with E-state index in [0.29, 0.717) is 16.6 Å². The standard InChI is InChI=1S/C17H16FN5O3/c18-12-4-1-10(2-5-12)8-19-17(26)15(9-24)20-16(25)11-3-6-13-14(7-11)22-23-21-13/h1-7,15,24H,8-9H2,(H,19,26)(H,20,25)(H,21,22,23)/t15-/m0/s1. The van der Waals surface area contributed by atoms with Crippen molar-refractivity contribution in [3.8, 4) is 0 Å². The highest BCUT2D eigenvalue weighted by Crippen LogP contribution is 2.10. The van der Waals surface area contributed by atoms with Gasteiger partial charge in [0.1, 0.15) is 22.9 Å². The number of nitrogens with zero attached hydrogens (tertiary/aromatic N) is 2. The molecule has 0 saturated carbocycles. The minimum atomic E-state index is -1.11. The van der Waals surface area contributed by atoms with E-state index < -0.39 is 24.5 Å². The average molecular weight is 357 g/mol. The molecule has 9 heteroatoms. The molecule has 0 aliphatic heterocycles. The second-order valence-corrected chi connectivity index (χ2v) is 5.58. The van der Waals surface area contributed by atoms with Crippen LogP contribution in [0.5, 0.6) is 0 Å². The average Bonchev–Trinajstić information content (AvgIpc) is 3.13. The van der Waals surface area contributed by atoms with Crippen LogP contribution in [0, 0.1) is 5.82 Å². The zero-order chi connectivity index (χ0) is 18.5. The predicted molar refractivity (Wildman–Crippen MR) is 90.5 cm³/mol. The van der Waals surface area contributed by atoms with Crippen molar-refractivity contribution in [2.75, 3.05) is 6.61 Å². The lowest BCUT2D eigenvalue weighted by Crippen LogP contribution is -2.48. The van der Waals surface area contributed by atoms with Gasteiger partial charge in [0.05, 0.1) is 6.61 Å². The number of halogens is 1. The van der Waals surface area contributed by atoms with Gasteiger partial charge in [-0.05, 0) is 35.9 Å². The Labute approximate surface area is 147 Å². The number of aliphatic hydroxyl groups excluding tert-OH is 1. The van der Waals surface area contributed by atoms with E-state index in [9.17, 15) is 19.1 Å². The molecule has 0 aliphatic rings. The van der Waals surface area contributed by atoms with E-state index in [4.69, 9.17) is 0 Å². The van der Waals surface area contributed by atoms with Gasteiger partial charge in [0.25, 0.3) is 5.91 Å². The summed E-state index contributed by atoms with van der Waals surface area (Å²) in [5, 5.41) is 24.7. The van der Waals surface area contributed by atoms with Gasteiger partial charge < -0.3 is 15.7 Å². The van der Waals surface area contributed by atoms with Crippen LogP contribution in [0.15, 0.2) is 42.5 Å². The highest BCUT2D eigenvalue weighted by molar-refractivity contribution is 5.99. The summed E-state index contributed by atoms with van der Waals surface area (Å²) in [5.41, 5.74) is 2.10. The summed E-state index contributed by atoms with van der Waals surface area (Å²) < 4.78 is 12.9. The number of hydrogen-bond acceptors (Lipinski definition) is 5. The Morgan fingerprint density at radius 3 is 2.58 bits per heavy atom. The molecule has 0 bridgehead atoms. The molecular weight excluding hydrogens is 341 g/mol. The lowest BCUT2D eigenvalue weighted by Gasteiger charge is -2.16. The van der Waals surface area contributed by atoms with Crippen LogP contribution in [0.4, 0.5) is 4.39 Å². The van der Waals surface area contributed by atoms with Crippen LogP contribution in [0.25, 0.3) is 11.0 Å². The van der Waals surface area contributed by atoms with Gasteiger partial charge in [-0.3, -0.25) is 9.59 Å². The van der Waals surface area contributed by atoms with Crippen molar-refractivity contribution in [1.82, 2.24) is 26.0 Å². The Balaban J connectivity index is 1.61. The smallest absolute Gasteiger partial charge is 0.252 e. The number of hydrogen-bond donors (Lipinski definition) is 4. The highest BCUT2D eigenvalue weighted by atomic mass is 19.1. The van der Waals surface area contributed by atoms with Crippen LogP contribution in [0.2, 0.25) is 0 Å². The van der Waals surface area contributed by atoms with Crippen molar-refractivity contribution >= 4 is 22.8 Å². The summed E-state index contributed by atoms with van der Waals surface area (Å²) in [6, 6.07) is 9.22. The number of rotatable bonds is 6. The number of carbonyl (C=O) groups is 2. The fourth-order valence-corrected chi connectivity index (χ4v) is 2.33. The van der Waals surface area contributed by atoms with Gasteiger partial charge in [-0.25, -0.2) is 4.39 Å². The van der Waals surface area contributed by atoms with Crippen molar-refractivity contribution in [3.05, 3.63) is 59.4 Å². The second kappa shape index (κ2) is 7.70. The van der Waals surface area contributed by atoms with E-state index in [0.717, 1.165) is 0 Å². The van der Waals surface area contributed by atoms with Crippen molar-refractivity contribution in [1.29, 1.82) is 0 Å². The van der Waals surface area contributed by atoms with Crippen molar-refractivity contribution < 1.29 is 19.1 Å². The van der Waals surface area contributed by atoms with Crippen LogP contribution in [-0.4, -0.2) is 45.0 Å². The third-order valence-corrected chi connectivity index (χ3v) is 3.76. The number of aromatic amines is 1. The molecule has 0 saturated heterocycles. The zero-order valence-electron chi connectivity index (χ0n) is 13.6. The Kier molecular flexibility index (Phi) is 5.18. The normalized spacial score (nSPS) is 11.9. The van der Waals surface area contributed by atoms with Crippen LogP contribution in [0.1, 0.15) is 15.9 Å². The largest absolute Gasteiger partial charge is 0.394 e. The number of aromatic nitrogens is 3. The van der Waals surface area contributed by atoms with E-state index in [1.807, 2.05) is 0 Å². The van der Waals surface area contributed by atoms with Crippen molar-refractivity contribution in [3.63, 3.8) is 0 Å². The van der Waals surface area contributed by atoms with Gasteiger partial charge in [0.2, 0.25) is 5.91 Å². The van der Waals surface area contributed by atoms with Gasteiger partial charge in [-0.15, -0.1) is 0 Å². The molecule has 2 aromatic carbocycles. The first kappa shape index (κ1) is 17.5. The van der Waals surface area contributed by atoms with E-state index in [1.165, 1.54) is 30.3 Å². The van der Waals surface area contributed by atoms with Crippen molar-refractivity contribution in [2.24, 2.45) is 0 Å². The van der Waals surface area contributed by atoms with E-state index in [1.54, 1.807) is 12.1 Å². The van der Waals surface area contributed by atoms with Gasteiger partial charge in [0, 0.05) is 12.1 Å². The lowest BCUT2D eigenvalue weighted by molar-refractivity contribution is -0.124. The molecule has 2 amide bonds. The third kappa shape index (κ3) is 4.01. The first-order valence-corrected chi connectivity index (χ1v) is 7.81. The predicted octanol–water partition coefficient (Wildman–Crippen LogP) is 0.504. The van der Waals surface area contributed by atoms with Crippen LogP contribution < -0.4 is 10.6 Å². The highest BCUT2D eigenvalue weighted by Gasteiger charge is 2.20. The summed E-state index contributed by atoms with van der Waals surface area (Å²) in [5.74, 6) is -1.44. The lowest BCUT2D eigenvalue weighted by atomic mass is 10.1. The first-order valence-electron chi connectivity index (χ1n) is 7.81. The molecule has 0 unspecified atom stereocenters. The topological polar surface area (TPSA) is 120 Å². The minimum Gasteiger partial charge on any atom is -0.394 e. The Morgan fingerprint density at radius 1 is 1.12 bits per heavy atom. The maximum atomic E-state index is 12.9. The number of carbonyl (C=O) groups excluding carboxylic acids is 2. The van der Waals surface area contributed by atoms with E-state index >= 15 is 0 Å². The fourth-order valence-electron chi connectivity index (χ4n) is 2.33. The van der Waals surface area contributed by atoms with E-state index in [-0.39, 0.29) is 17.9 Å². The SMILES string of the molecule is O=C(N[C@@H](CO)C(=O)NCc1ccc(F)cc1)c1ccc2n[nH]nc2c1. The summed E-state index contributed by atoms with van der Waals surface area (Å²) in [6.07, 6.45) is 0. The molecule has 1 heterocycles. The summed E-state index contributed by atoms with van der Waals surface area (Å²) in [6.45, 7) is -0.413. The Morgan fingerprint density at radius 2 is 1.85 bits per heavy atom. The summed E-state index contributed by atoms with van der Waals surface area (Å²) in [7, 11) is 0. The Hall–Kier alpha value is -3.33. The molecule has 8 nitrogen and oxygen atoms in total. The van der Waals surface area contributed by atoms with Crippen LogP contribution >= 0.6 is 0 Å². The van der Waals surface area contributed by atoms with Gasteiger partial charge in [-0.2, -0.15) is 15.4 Å². The second-order valence-electron chi connectivity index (χ2n) is 5.58. The number of amides is 2. The number of benzene rings is 2. The molecule has 4 N–H and O–H groups in total. The number of fused-ring (bicyclic) bond motifs is 1. The Bertz CT molecular complexity index is 926. The third-order valence-electron chi connectivity index (χ3n) is 3.76. The van der Waals surface area contributed by atoms with Gasteiger partial charge in [-0.1, -0.05) is 12.1 Å². The van der Waals surface area contributed by atoms with Crippen LogP contribution in [0.3, 0.4) is 0 Å². The minimum absolute atomic E-state index is 0.149. The van der Waals surface area contributed by atoms with Gasteiger partial charge in [0.15, 0.2) is 0 Å². The summed E-state index contributed by atoms with van der Waals surface area (Å²) in [4.78, 5) is 24.5. The molecule has 3 aromatic rings. The molecule has 0 spiro atoms. The monoisotopic (exact) mass is 357 g/mol. The fraction of sp³-hybridized carbons (Fsp3) is 0.176. The molecular formula is C17H16FN5O3. The van der Waals surface area contributed by atoms with Gasteiger partial charge >= 0.3 is 0 Å². The molecule has 1 aromatic heterocycles. The number of H-pyrrole nitrogens is 1. The molecule has 0 fully saturated rings. The molecule has 0 radical (unpaired) electrons. The van der Waals surface area contributed by atoms with Crippen LogP contribution in [-0.2, 0) is 11.3 Å². The maximum Gasteiger partial charge on any atom is 0.252 e. The molecule has 1 atom stereocenters.